The van der Waals surface area contributed by atoms with Gasteiger partial charge in [-0.1, -0.05) is 66.8 Å². The van der Waals surface area contributed by atoms with Crippen molar-refractivity contribution >= 4 is 28.1 Å². The van der Waals surface area contributed by atoms with E-state index < -0.39 is 6.17 Å². The third-order valence-electron chi connectivity index (χ3n) is 6.45. The predicted molar refractivity (Wildman–Crippen MR) is 127 cm³/mol. The largest absolute Gasteiger partial charge is 0.482 e. The molecule has 2 heterocycles. The topological polar surface area (TPSA) is 52.5 Å². The molecule has 0 fully saturated rings. The molecule has 1 aromatic heterocycles. The first-order valence-corrected chi connectivity index (χ1v) is 10.6. The van der Waals surface area contributed by atoms with Crippen LogP contribution in [0.5, 0.6) is 5.75 Å². The average Bonchev–Trinajstić information content (AvgIpc) is 3.27. The van der Waals surface area contributed by atoms with E-state index in [-0.39, 0.29) is 11.5 Å². The molecule has 0 bridgehead atoms. The second kappa shape index (κ2) is 6.69. The summed E-state index contributed by atoms with van der Waals surface area (Å²) in [4.78, 5) is 4.67. The minimum atomic E-state index is -0.417. The van der Waals surface area contributed by atoms with Gasteiger partial charge in [-0.3, -0.25) is 9.56 Å². The first kappa shape index (κ1) is 18.2. The van der Waals surface area contributed by atoms with Gasteiger partial charge in [0.1, 0.15) is 17.5 Å². The number of aliphatic imine (C=N–C) groups is 1. The zero-order chi connectivity index (χ0) is 21.0. The van der Waals surface area contributed by atoms with Crippen molar-refractivity contribution in [1.82, 2.24) is 4.57 Å². The van der Waals surface area contributed by atoms with Gasteiger partial charge in [0.05, 0.1) is 17.4 Å². The van der Waals surface area contributed by atoms with Crippen molar-refractivity contribution in [3.63, 3.8) is 0 Å². The van der Waals surface area contributed by atoms with E-state index in [2.05, 4.69) is 77.2 Å². The normalized spacial score (nSPS) is 22.7. The molecule has 2 N–H and O–H groups in total. The van der Waals surface area contributed by atoms with Gasteiger partial charge in [0.2, 0.25) is 0 Å². The lowest BCUT2D eigenvalue weighted by atomic mass is 9.82. The van der Waals surface area contributed by atoms with Crippen LogP contribution in [-0.4, -0.2) is 16.5 Å². The molecule has 3 aromatic carbocycles. The molecule has 0 saturated carbocycles. The minimum Gasteiger partial charge on any atom is -0.482 e. The molecule has 0 spiro atoms. The molecule has 1 aliphatic heterocycles. The summed E-state index contributed by atoms with van der Waals surface area (Å²) >= 11 is 0. The molecule has 4 nitrogen and oxygen atoms in total. The van der Waals surface area contributed by atoms with Gasteiger partial charge in [0, 0.05) is 28.3 Å². The summed E-state index contributed by atoms with van der Waals surface area (Å²) in [6.07, 6.45) is 9.98. The highest BCUT2D eigenvalue weighted by molar-refractivity contribution is 6.12. The van der Waals surface area contributed by atoms with Gasteiger partial charge in [0.25, 0.3) is 0 Å². The lowest BCUT2D eigenvalue weighted by Gasteiger charge is -2.27. The van der Waals surface area contributed by atoms with Crippen LogP contribution in [-0.2, 0) is 0 Å². The Kier molecular flexibility index (Phi) is 3.92. The predicted octanol–water partition coefficient (Wildman–Crippen LogP) is 5.69. The molecule has 0 saturated heterocycles. The fourth-order valence-electron chi connectivity index (χ4n) is 4.84. The molecule has 2 aliphatic rings. The lowest BCUT2D eigenvalue weighted by molar-refractivity contribution is 0.155. The number of para-hydroxylation sites is 1. The summed E-state index contributed by atoms with van der Waals surface area (Å²) in [5.41, 5.74) is 10.4. The van der Waals surface area contributed by atoms with Crippen LogP contribution in [0.3, 0.4) is 0 Å². The number of nitrogens with zero attached hydrogens (tertiary/aromatic N) is 2. The molecule has 0 amide bonds. The van der Waals surface area contributed by atoms with Crippen molar-refractivity contribution in [2.75, 3.05) is 0 Å². The summed E-state index contributed by atoms with van der Waals surface area (Å²) < 4.78 is 8.55. The van der Waals surface area contributed by atoms with Crippen molar-refractivity contribution in [3.05, 3.63) is 102 Å². The first-order valence-electron chi connectivity index (χ1n) is 10.6. The van der Waals surface area contributed by atoms with Crippen LogP contribution < -0.4 is 10.5 Å². The van der Waals surface area contributed by atoms with Gasteiger partial charge in [0.15, 0.2) is 0 Å². The van der Waals surface area contributed by atoms with Crippen molar-refractivity contribution in [3.8, 4) is 5.75 Å². The summed E-state index contributed by atoms with van der Waals surface area (Å²) in [5.74, 6) is 1.15. The molecule has 1 aliphatic carbocycles. The highest BCUT2D eigenvalue weighted by atomic mass is 16.5. The summed E-state index contributed by atoms with van der Waals surface area (Å²) in [6, 6.07) is 22.8. The van der Waals surface area contributed by atoms with E-state index in [1.165, 1.54) is 16.3 Å². The molecular weight excluding hydrogens is 382 g/mol. The van der Waals surface area contributed by atoms with Crippen molar-refractivity contribution in [2.24, 2.45) is 10.7 Å². The van der Waals surface area contributed by atoms with Gasteiger partial charge < -0.3 is 10.5 Å². The van der Waals surface area contributed by atoms with E-state index in [0.717, 1.165) is 22.3 Å². The van der Waals surface area contributed by atoms with E-state index >= 15 is 0 Å². The van der Waals surface area contributed by atoms with E-state index in [4.69, 9.17) is 10.5 Å². The second-order valence-corrected chi connectivity index (χ2v) is 8.42. The number of aromatic nitrogens is 1. The summed E-state index contributed by atoms with van der Waals surface area (Å²) in [5, 5.41) is 2.40. The molecule has 152 valence electrons. The van der Waals surface area contributed by atoms with E-state index in [0.29, 0.717) is 0 Å². The Bertz CT molecular complexity index is 1400. The Morgan fingerprint density at radius 2 is 1.81 bits per heavy atom. The fraction of sp³-hybridized carbons (Fsp3) is 0.148. The van der Waals surface area contributed by atoms with E-state index in [9.17, 15) is 0 Å². The quantitative estimate of drug-likeness (QED) is 0.352. The van der Waals surface area contributed by atoms with Gasteiger partial charge >= 0.3 is 0 Å². The molecular formula is C27H23N3O. The number of benzene rings is 3. The smallest absolute Gasteiger partial charge is 0.135 e. The van der Waals surface area contributed by atoms with Crippen LogP contribution >= 0.6 is 0 Å². The van der Waals surface area contributed by atoms with Crippen molar-refractivity contribution < 1.29 is 4.74 Å². The second-order valence-electron chi connectivity index (χ2n) is 8.42. The van der Waals surface area contributed by atoms with Gasteiger partial charge in [-0.05, 0) is 30.7 Å². The number of rotatable bonds is 3. The Balaban J connectivity index is 1.52. The number of hydrogen-bond acceptors (Lipinski definition) is 3. The maximum absolute atomic E-state index is 6.43. The maximum Gasteiger partial charge on any atom is 0.135 e. The molecule has 3 unspecified atom stereocenters. The minimum absolute atomic E-state index is 0.221. The number of ether oxygens (including phenoxy) is 1. The van der Waals surface area contributed by atoms with Crippen LogP contribution in [0.2, 0.25) is 0 Å². The fourth-order valence-corrected chi connectivity index (χ4v) is 4.84. The van der Waals surface area contributed by atoms with E-state index in [1.54, 1.807) is 0 Å². The summed E-state index contributed by atoms with van der Waals surface area (Å²) in [7, 11) is 0. The Hall–Kier alpha value is -3.63. The number of nitrogens with two attached hydrogens (primary N) is 1. The third kappa shape index (κ3) is 2.76. The first-order chi connectivity index (χ1) is 15.1. The lowest BCUT2D eigenvalue weighted by Crippen LogP contribution is -2.32. The highest BCUT2D eigenvalue weighted by Crippen LogP contribution is 2.49. The van der Waals surface area contributed by atoms with Crippen LogP contribution in [0.1, 0.15) is 30.1 Å². The Labute approximate surface area is 181 Å². The SMILES string of the molecule is CC12C=CC=CC1c1cc3c4ccccc4n(C=NC(N)c4ccccc4)c3cc1O2. The maximum atomic E-state index is 6.43. The van der Waals surface area contributed by atoms with Crippen LogP contribution in [0, 0.1) is 0 Å². The molecule has 4 heteroatoms. The third-order valence-corrected chi connectivity index (χ3v) is 6.45. The highest BCUT2D eigenvalue weighted by Gasteiger charge is 2.42. The number of hydrogen-bond donors (Lipinski definition) is 1. The van der Waals surface area contributed by atoms with Crippen molar-refractivity contribution in [1.29, 1.82) is 0 Å². The van der Waals surface area contributed by atoms with Crippen LogP contribution in [0.25, 0.3) is 21.8 Å². The molecule has 0 radical (unpaired) electrons. The Morgan fingerprint density at radius 3 is 2.68 bits per heavy atom. The molecule has 3 atom stereocenters. The molecule has 4 aromatic rings. The molecule has 6 rings (SSSR count). The standard InChI is InChI=1S/C27H23N3O/c1-27-14-8-7-12-22(27)21-15-20-19-11-5-6-13-23(19)30(24(20)16-25(21)31-27)17-29-26(28)18-9-3-2-4-10-18/h2-17,22,26H,28H2,1H3. The van der Waals surface area contributed by atoms with Crippen LogP contribution in [0.15, 0.2) is 96.0 Å². The van der Waals surface area contributed by atoms with Crippen LogP contribution in [0.4, 0.5) is 0 Å². The van der Waals surface area contributed by atoms with Gasteiger partial charge in [-0.25, -0.2) is 0 Å². The Morgan fingerprint density at radius 1 is 1.00 bits per heavy atom. The van der Waals surface area contributed by atoms with Gasteiger partial charge in [-0.15, -0.1) is 0 Å². The van der Waals surface area contributed by atoms with Gasteiger partial charge in [-0.2, -0.15) is 0 Å². The van der Waals surface area contributed by atoms with Crippen molar-refractivity contribution in [2.45, 2.75) is 24.6 Å². The average molecular weight is 406 g/mol. The molecule has 31 heavy (non-hydrogen) atoms. The van der Waals surface area contributed by atoms with E-state index in [1.807, 2.05) is 36.7 Å². The number of fused-ring (bicyclic) bond motifs is 6. The summed E-state index contributed by atoms with van der Waals surface area (Å²) in [6.45, 7) is 2.15. The zero-order valence-corrected chi connectivity index (χ0v) is 17.3. The number of allylic oxidation sites excluding steroid dienone is 2. The zero-order valence-electron chi connectivity index (χ0n) is 17.3. The monoisotopic (exact) mass is 405 g/mol.